The van der Waals surface area contributed by atoms with Crippen LogP contribution in [0.15, 0.2) is 24.3 Å². The average molecular weight is 244 g/mol. The van der Waals surface area contributed by atoms with E-state index >= 15 is 0 Å². The largest absolute Gasteiger partial charge is 0.496 e. The summed E-state index contributed by atoms with van der Waals surface area (Å²) >= 11 is 0. The van der Waals surface area contributed by atoms with Crippen molar-refractivity contribution in [1.29, 1.82) is 0 Å². The van der Waals surface area contributed by atoms with E-state index in [2.05, 4.69) is 0 Å². The molecule has 3 atom stereocenters. The summed E-state index contributed by atoms with van der Waals surface area (Å²) in [4.78, 5) is 12.4. The molecule has 2 fully saturated rings. The molecular formula is C16H20O2. The molecule has 96 valence electrons. The van der Waals surface area contributed by atoms with E-state index in [0.717, 1.165) is 17.4 Å². The number of carbonyl (C=O) groups is 1. The zero-order chi connectivity index (χ0) is 12.5. The molecule has 1 aromatic carbocycles. The maximum Gasteiger partial charge on any atom is 0.166 e. The monoisotopic (exact) mass is 244 g/mol. The Balaban J connectivity index is 1.71. The number of benzene rings is 1. The van der Waals surface area contributed by atoms with Crippen molar-refractivity contribution in [2.75, 3.05) is 7.11 Å². The summed E-state index contributed by atoms with van der Waals surface area (Å²) in [5.41, 5.74) is 0.753. The van der Waals surface area contributed by atoms with Crippen LogP contribution in [0.25, 0.3) is 0 Å². The molecule has 0 heterocycles. The van der Waals surface area contributed by atoms with Crippen molar-refractivity contribution in [2.45, 2.75) is 32.1 Å². The molecule has 2 aliphatic carbocycles. The summed E-state index contributed by atoms with van der Waals surface area (Å²) in [5, 5.41) is 0. The quantitative estimate of drug-likeness (QED) is 0.755. The van der Waals surface area contributed by atoms with Crippen LogP contribution in [-0.4, -0.2) is 12.9 Å². The highest BCUT2D eigenvalue weighted by molar-refractivity contribution is 5.98. The number of Topliss-reactive ketones (excluding diaryl/α,β-unsaturated/α-hetero) is 1. The van der Waals surface area contributed by atoms with Crippen LogP contribution in [0.5, 0.6) is 5.75 Å². The summed E-state index contributed by atoms with van der Waals surface area (Å²) in [5.74, 6) is 3.32. The fourth-order valence-electron chi connectivity index (χ4n) is 3.85. The standard InChI is InChI=1S/C16H20O2/c1-18-16-5-3-2-4-14(16)15(17)10-13-9-11-6-7-12(13)8-11/h2-5,11-13H,6-10H2,1H3. The van der Waals surface area contributed by atoms with Gasteiger partial charge >= 0.3 is 0 Å². The maximum absolute atomic E-state index is 12.4. The van der Waals surface area contributed by atoms with Crippen molar-refractivity contribution in [3.63, 3.8) is 0 Å². The van der Waals surface area contributed by atoms with Gasteiger partial charge in [-0.05, 0) is 49.1 Å². The van der Waals surface area contributed by atoms with Crippen molar-refractivity contribution in [1.82, 2.24) is 0 Å². The molecule has 0 aromatic heterocycles. The van der Waals surface area contributed by atoms with Gasteiger partial charge in [0.15, 0.2) is 5.78 Å². The van der Waals surface area contributed by atoms with E-state index in [0.29, 0.717) is 18.1 Å². The minimum atomic E-state index is 0.255. The molecule has 0 amide bonds. The van der Waals surface area contributed by atoms with Gasteiger partial charge in [-0.2, -0.15) is 0 Å². The molecule has 2 bridgehead atoms. The number of ketones is 1. The molecule has 1 aromatic rings. The van der Waals surface area contributed by atoms with Gasteiger partial charge in [-0.1, -0.05) is 18.6 Å². The first-order chi connectivity index (χ1) is 8.78. The second kappa shape index (κ2) is 4.75. The lowest BCUT2D eigenvalue weighted by atomic mass is 9.84. The molecule has 3 rings (SSSR count). The zero-order valence-corrected chi connectivity index (χ0v) is 10.9. The number of ether oxygens (including phenoxy) is 1. The second-order valence-corrected chi connectivity index (χ2v) is 5.76. The number of para-hydroxylation sites is 1. The second-order valence-electron chi connectivity index (χ2n) is 5.76. The van der Waals surface area contributed by atoms with Crippen molar-refractivity contribution >= 4 is 5.78 Å². The van der Waals surface area contributed by atoms with Crippen molar-refractivity contribution in [3.8, 4) is 5.75 Å². The molecule has 2 heteroatoms. The third kappa shape index (κ3) is 2.05. The fourth-order valence-corrected chi connectivity index (χ4v) is 3.85. The van der Waals surface area contributed by atoms with Crippen molar-refractivity contribution in [3.05, 3.63) is 29.8 Å². The Morgan fingerprint density at radius 1 is 1.28 bits per heavy atom. The Labute approximate surface area is 108 Å². The highest BCUT2D eigenvalue weighted by atomic mass is 16.5. The van der Waals surface area contributed by atoms with Crippen LogP contribution >= 0.6 is 0 Å². The van der Waals surface area contributed by atoms with E-state index in [4.69, 9.17) is 4.74 Å². The Morgan fingerprint density at radius 3 is 2.78 bits per heavy atom. The summed E-state index contributed by atoms with van der Waals surface area (Å²) in [7, 11) is 1.63. The SMILES string of the molecule is COc1ccccc1C(=O)CC1CC2CCC1C2. The van der Waals surface area contributed by atoms with Gasteiger partial charge in [-0.3, -0.25) is 4.79 Å². The van der Waals surface area contributed by atoms with Crippen LogP contribution < -0.4 is 4.74 Å². The molecule has 3 unspecified atom stereocenters. The third-order valence-electron chi connectivity index (χ3n) is 4.74. The van der Waals surface area contributed by atoms with E-state index < -0.39 is 0 Å². The molecule has 0 aliphatic heterocycles. The third-order valence-corrected chi connectivity index (χ3v) is 4.74. The molecule has 0 radical (unpaired) electrons. The number of carbonyl (C=O) groups excluding carboxylic acids is 1. The van der Waals surface area contributed by atoms with Crippen LogP contribution in [0.3, 0.4) is 0 Å². The van der Waals surface area contributed by atoms with Gasteiger partial charge in [0.2, 0.25) is 0 Å². The van der Waals surface area contributed by atoms with Crippen LogP contribution in [-0.2, 0) is 0 Å². The topological polar surface area (TPSA) is 26.3 Å². The van der Waals surface area contributed by atoms with Crippen molar-refractivity contribution < 1.29 is 9.53 Å². The molecule has 0 spiro atoms. The first-order valence-corrected chi connectivity index (χ1v) is 6.94. The highest BCUT2D eigenvalue weighted by Crippen LogP contribution is 2.49. The normalized spacial score (nSPS) is 29.5. The van der Waals surface area contributed by atoms with Gasteiger partial charge in [0.1, 0.15) is 5.75 Å². The molecule has 18 heavy (non-hydrogen) atoms. The number of hydrogen-bond donors (Lipinski definition) is 0. The molecule has 0 N–H and O–H groups in total. The van der Waals surface area contributed by atoms with Gasteiger partial charge in [-0.15, -0.1) is 0 Å². The minimum absolute atomic E-state index is 0.255. The predicted molar refractivity (Wildman–Crippen MR) is 70.9 cm³/mol. The van der Waals surface area contributed by atoms with E-state index in [9.17, 15) is 4.79 Å². The van der Waals surface area contributed by atoms with E-state index in [1.54, 1.807) is 7.11 Å². The Kier molecular flexibility index (Phi) is 3.11. The van der Waals surface area contributed by atoms with E-state index in [1.165, 1.54) is 25.7 Å². The van der Waals surface area contributed by atoms with Crippen LogP contribution in [0, 0.1) is 17.8 Å². The maximum atomic E-state index is 12.4. The van der Waals surface area contributed by atoms with Gasteiger partial charge in [-0.25, -0.2) is 0 Å². The van der Waals surface area contributed by atoms with Gasteiger partial charge < -0.3 is 4.74 Å². The number of hydrogen-bond acceptors (Lipinski definition) is 2. The lowest BCUT2D eigenvalue weighted by Gasteiger charge is -2.21. The summed E-state index contributed by atoms with van der Waals surface area (Å²) < 4.78 is 5.27. The van der Waals surface area contributed by atoms with E-state index in [1.807, 2.05) is 24.3 Å². The number of methoxy groups -OCH3 is 1. The van der Waals surface area contributed by atoms with Gasteiger partial charge in [0.25, 0.3) is 0 Å². The lowest BCUT2D eigenvalue weighted by molar-refractivity contribution is 0.0941. The fraction of sp³-hybridized carbons (Fsp3) is 0.562. The zero-order valence-electron chi connectivity index (χ0n) is 10.9. The smallest absolute Gasteiger partial charge is 0.166 e. The van der Waals surface area contributed by atoms with E-state index in [-0.39, 0.29) is 5.78 Å². The molecule has 2 aliphatic rings. The minimum Gasteiger partial charge on any atom is -0.496 e. The Hall–Kier alpha value is -1.31. The molecular weight excluding hydrogens is 224 g/mol. The summed E-state index contributed by atoms with van der Waals surface area (Å²) in [6.07, 6.45) is 6.08. The van der Waals surface area contributed by atoms with Crippen LogP contribution in [0.4, 0.5) is 0 Å². The van der Waals surface area contributed by atoms with Crippen LogP contribution in [0.2, 0.25) is 0 Å². The highest BCUT2D eigenvalue weighted by Gasteiger charge is 2.40. The molecule has 2 saturated carbocycles. The van der Waals surface area contributed by atoms with Crippen LogP contribution in [0.1, 0.15) is 42.5 Å². The molecule has 2 nitrogen and oxygen atoms in total. The Morgan fingerprint density at radius 2 is 2.11 bits per heavy atom. The predicted octanol–water partition coefficient (Wildman–Crippen LogP) is 3.70. The van der Waals surface area contributed by atoms with Gasteiger partial charge in [0.05, 0.1) is 12.7 Å². The summed E-state index contributed by atoms with van der Waals surface area (Å²) in [6, 6.07) is 7.58. The first-order valence-electron chi connectivity index (χ1n) is 6.94. The number of fused-ring (bicyclic) bond motifs is 2. The first kappa shape index (κ1) is 11.8. The number of rotatable bonds is 4. The molecule has 0 saturated heterocycles. The Bertz CT molecular complexity index is 452. The lowest BCUT2D eigenvalue weighted by Crippen LogP contribution is -2.15. The van der Waals surface area contributed by atoms with Gasteiger partial charge in [0, 0.05) is 6.42 Å². The van der Waals surface area contributed by atoms with Crippen molar-refractivity contribution in [2.24, 2.45) is 17.8 Å². The average Bonchev–Trinajstić information content (AvgIpc) is 3.01. The summed E-state index contributed by atoms with van der Waals surface area (Å²) in [6.45, 7) is 0.